The van der Waals surface area contributed by atoms with E-state index in [1.165, 1.54) is 12.1 Å². The van der Waals surface area contributed by atoms with E-state index in [0.717, 1.165) is 61.3 Å². The Labute approximate surface area is 183 Å². The van der Waals surface area contributed by atoms with Crippen LogP contribution in [0.2, 0.25) is 0 Å². The second kappa shape index (κ2) is 7.13. The highest BCUT2D eigenvalue weighted by Crippen LogP contribution is 2.34. The molecule has 5 nitrogen and oxygen atoms in total. The Hall–Kier alpha value is -4.32. The van der Waals surface area contributed by atoms with Crippen molar-refractivity contribution in [2.75, 3.05) is 0 Å². The number of nitrogens with one attached hydrogen (secondary N) is 2. The van der Waals surface area contributed by atoms with E-state index in [1.54, 1.807) is 18.3 Å². The largest absolute Gasteiger partial charge is 0.353 e. The first-order valence-corrected chi connectivity index (χ1v) is 10.3. The summed E-state index contributed by atoms with van der Waals surface area (Å²) in [5.74, 6) is -0.246. The molecule has 0 aliphatic heterocycles. The van der Waals surface area contributed by atoms with Gasteiger partial charge >= 0.3 is 0 Å². The molecule has 0 unspecified atom stereocenters. The van der Waals surface area contributed by atoms with Gasteiger partial charge in [-0.05, 0) is 66.1 Å². The first-order valence-electron chi connectivity index (χ1n) is 10.3. The molecule has 6 aromatic rings. The minimum absolute atomic E-state index is 0.246. The van der Waals surface area contributed by atoms with Gasteiger partial charge in [-0.15, -0.1) is 0 Å². The molecule has 0 atom stereocenters. The number of hydrogen-bond donors (Lipinski definition) is 2. The summed E-state index contributed by atoms with van der Waals surface area (Å²) in [5, 5.41) is 8.68. The maximum atomic E-state index is 13.4. The lowest BCUT2D eigenvalue weighted by Crippen LogP contribution is -1.89. The summed E-state index contributed by atoms with van der Waals surface area (Å²) in [6.07, 6.45) is 3.62. The molecule has 0 bridgehead atoms. The number of aryl methyl sites for hydroxylation is 1. The number of halogens is 1. The number of aromatic nitrogens is 5. The number of hydrogen-bond acceptors (Lipinski definition) is 3. The van der Waals surface area contributed by atoms with Gasteiger partial charge in [0, 0.05) is 28.9 Å². The van der Waals surface area contributed by atoms with Gasteiger partial charge in [0.05, 0.1) is 16.9 Å². The normalized spacial score (nSPS) is 11.4. The third-order valence-electron chi connectivity index (χ3n) is 5.80. The molecule has 0 aliphatic rings. The summed E-state index contributed by atoms with van der Waals surface area (Å²) in [5.41, 5.74) is 9.22. The molecule has 4 aromatic heterocycles. The Bertz CT molecular complexity index is 1590. The van der Waals surface area contributed by atoms with E-state index in [9.17, 15) is 4.39 Å². The van der Waals surface area contributed by atoms with Crippen molar-refractivity contribution in [1.29, 1.82) is 0 Å². The zero-order chi connectivity index (χ0) is 21.7. The quantitative estimate of drug-likeness (QED) is 0.354. The van der Waals surface area contributed by atoms with Crippen molar-refractivity contribution in [1.82, 2.24) is 25.1 Å². The summed E-state index contributed by atoms with van der Waals surface area (Å²) in [4.78, 5) is 12.6. The van der Waals surface area contributed by atoms with Crippen LogP contribution in [0.25, 0.3) is 55.7 Å². The predicted molar refractivity (Wildman–Crippen MR) is 125 cm³/mol. The Morgan fingerprint density at radius 1 is 0.875 bits per heavy atom. The maximum Gasteiger partial charge on any atom is 0.135 e. The van der Waals surface area contributed by atoms with Crippen molar-refractivity contribution in [2.45, 2.75) is 6.92 Å². The van der Waals surface area contributed by atoms with Gasteiger partial charge < -0.3 is 4.98 Å². The van der Waals surface area contributed by atoms with Crippen LogP contribution in [-0.2, 0) is 0 Å². The lowest BCUT2D eigenvalue weighted by atomic mass is 10.0. The number of rotatable bonds is 3. The third kappa shape index (κ3) is 2.96. The van der Waals surface area contributed by atoms with Crippen LogP contribution in [0.1, 0.15) is 5.56 Å². The smallest absolute Gasteiger partial charge is 0.135 e. The molecule has 0 saturated heterocycles. The van der Waals surface area contributed by atoms with Gasteiger partial charge in [-0.25, -0.2) is 9.37 Å². The molecule has 0 aliphatic carbocycles. The van der Waals surface area contributed by atoms with Crippen molar-refractivity contribution < 1.29 is 4.39 Å². The molecule has 2 aromatic carbocycles. The molecule has 0 amide bonds. The third-order valence-corrected chi connectivity index (χ3v) is 5.80. The monoisotopic (exact) mass is 419 g/mol. The highest BCUT2D eigenvalue weighted by atomic mass is 19.1. The lowest BCUT2D eigenvalue weighted by molar-refractivity contribution is 0.628. The fourth-order valence-electron chi connectivity index (χ4n) is 4.13. The van der Waals surface area contributed by atoms with Gasteiger partial charge in [0.1, 0.15) is 17.0 Å². The van der Waals surface area contributed by atoms with Crippen LogP contribution in [0.3, 0.4) is 0 Å². The number of benzene rings is 2. The van der Waals surface area contributed by atoms with E-state index < -0.39 is 0 Å². The average molecular weight is 419 g/mol. The topological polar surface area (TPSA) is 70.2 Å². The minimum atomic E-state index is -0.246. The van der Waals surface area contributed by atoms with Crippen molar-refractivity contribution in [2.24, 2.45) is 0 Å². The molecule has 6 rings (SSSR count). The molecular formula is C26H18FN5. The fraction of sp³-hybridized carbons (Fsp3) is 0.0385. The Kier molecular flexibility index (Phi) is 4.11. The SMILES string of the molecule is Cc1ccncc1-c1ccc2[nH]nc(-c3cc4c(-c5ccc(F)cc5)cccc4[nH]3)c2n1. The molecule has 0 saturated carbocycles. The number of fused-ring (bicyclic) bond motifs is 2. The summed E-state index contributed by atoms with van der Waals surface area (Å²) in [7, 11) is 0. The molecule has 4 heterocycles. The van der Waals surface area contributed by atoms with Crippen LogP contribution >= 0.6 is 0 Å². The highest BCUT2D eigenvalue weighted by Gasteiger charge is 2.16. The van der Waals surface area contributed by atoms with Crippen molar-refractivity contribution in [3.8, 4) is 33.8 Å². The Morgan fingerprint density at radius 2 is 1.75 bits per heavy atom. The van der Waals surface area contributed by atoms with Crippen molar-refractivity contribution in [3.05, 3.63) is 90.5 Å². The van der Waals surface area contributed by atoms with E-state index in [-0.39, 0.29) is 5.82 Å². The molecule has 0 radical (unpaired) electrons. The molecule has 0 spiro atoms. The molecule has 0 fully saturated rings. The average Bonchev–Trinajstić information content (AvgIpc) is 3.43. The molecule has 2 N–H and O–H groups in total. The minimum Gasteiger partial charge on any atom is -0.353 e. The van der Waals surface area contributed by atoms with Gasteiger partial charge in [-0.3, -0.25) is 10.1 Å². The van der Waals surface area contributed by atoms with Crippen LogP contribution < -0.4 is 0 Å². The van der Waals surface area contributed by atoms with Gasteiger partial charge in [0.2, 0.25) is 0 Å². The Balaban J connectivity index is 1.51. The maximum absolute atomic E-state index is 13.4. The summed E-state index contributed by atoms with van der Waals surface area (Å²) in [6.45, 7) is 2.05. The van der Waals surface area contributed by atoms with Crippen LogP contribution in [0.5, 0.6) is 0 Å². The number of H-pyrrole nitrogens is 2. The first kappa shape index (κ1) is 18.4. The summed E-state index contributed by atoms with van der Waals surface area (Å²) >= 11 is 0. The summed E-state index contributed by atoms with van der Waals surface area (Å²) < 4.78 is 13.4. The van der Waals surface area contributed by atoms with E-state index in [1.807, 2.05) is 49.5 Å². The van der Waals surface area contributed by atoms with E-state index in [0.29, 0.717) is 0 Å². The fourth-order valence-corrected chi connectivity index (χ4v) is 4.13. The molecular weight excluding hydrogens is 401 g/mol. The first-order chi connectivity index (χ1) is 15.7. The standard InChI is InChI=1S/C26H18FN5/c1-15-11-12-28-14-20(15)22-9-10-23-25(30-22)26(32-31-23)24-13-19-18(3-2-4-21(19)29-24)16-5-7-17(27)8-6-16/h2-14,29H,1H3,(H,31,32). The van der Waals surface area contributed by atoms with Gasteiger partial charge in [-0.2, -0.15) is 5.10 Å². The Morgan fingerprint density at radius 3 is 2.59 bits per heavy atom. The predicted octanol–water partition coefficient (Wildman–Crippen LogP) is 6.28. The number of aromatic amines is 2. The van der Waals surface area contributed by atoms with Gasteiger partial charge in [0.15, 0.2) is 0 Å². The van der Waals surface area contributed by atoms with Crippen LogP contribution in [0.4, 0.5) is 4.39 Å². The van der Waals surface area contributed by atoms with Crippen molar-refractivity contribution in [3.63, 3.8) is 0 Å². The van der Waals surface area contributed by atoms with E-state index in [4.69, 9.17) is 4.98 Å². The zero-order valence-electron chi connectivity index (χ0n) is 17.2. The molecule has 6 heteroatoms. The zero-order valence-corrected chi connectivity index (χ0v) is 17.2. The molecule has 32 heavy (non-hydrogen) atoms. The van der Waals surface area contributed by atoms with E-state index in [2.05, 4.69) is 26.2 Å². The molecule has 154 valence electrons. The van der Waals surface area contributed by atoms with Crippen LogP contribution in [0.15, 0.2) is 79.1 Å². The van der Waals surface area contributed by atoms with Gasteiger partial charge in [0.25, 0.3) is 0 Å². The second-order valence-electron chi connectivity index (χ2n) is 7.81. The number of pyridine rings is 2. The number of nitrogens with zero attached hydrogens (tertiary/aromatic N) is 3. The highest BCUT2D eigenvalue weighted by molar-refractivity contribution is 6.00. The van der Waals surface area contributed by atoms with E-state index >= 15 is 0 Å². The summed E-state index contributed by atoms with van der Waals surface area (Å²) in [6, 6.07) is 20.6. The lowest BCUT2D eigenvalue weighted by Gasteiger charge is -2.04. The van der Waals surface area contributed by atoms with Crippen LogP contribution in [0, 0.1) is 12.7 Å². The second-order valence-corrected chi connectivity index (χ2v) is 7.81. The van der Waals surface area contributed by atoms with Gasteiger partial charge in [-0.1, -0.05) is 24.3 Å². The van der Waals surface area contributed by atoms with Crippen molar-refractivity contribution >= 4 is 21.9 Å². The van der Waals surface area contributed by atoms with Crippen LogP contribution in [-0.4, -0.2) is 25.1 Å².